The zero-order valence-electron chi connectivity index (χ0n) is 15.3. The molecule has 0 amide bonds. The fourth-order valence-electron chi connectivity index (χ4n) is 3.07. The molecule has 9 nitrogen and oxygen atoms in total. The Morgan fingerprint density at radius 3 is 2.57 bits per heavy atom. The molecule has 0 N–H and O–H groups in total. The smallest absolute Gasteiger partial charge is 0.332 e. The third-order valence-electron chi connectivity index (χ3n) is 4.57. The average Bonchev–Trinajstić information content (AvgIpc) is 3.31. The Balaban J connectivity index is 1.56. The van der Waals surface area contributed by atoms with E-state index < -0.39 is 11.2 Å². The minimum atomic E-state index is -0.446. The topological polar surface area (TPSA) is 101 Å². The molecule has 0 spiro atoms. The first-order valence-electron chi connectivity index (χ1n) is 8.67. The third kappa shape index (κ3) is 3.03. The number of aryl methyl sites for hydroxylation is 3. The highest BCUT2D eigenvalue weighted by molar-refractivity contribution is 6.29. The molecular formula is C18H17ClN6O3. The van der Waals surface area contributed by atoms with Gasteiger partial charge < -0.3 is 9.09 Å². The van der Waals surface area contributed by atoms with Gasteiger partial charge in [0.1, 0.15) is 0 Å². The van der Waals surface area contributed by atoms with Gasteiger partial charge in [-0.2, -0.15) is 9.97 Å². The van der Waals surface area contributed by atoms with Crippen molar-refractivity contribution in [2.24, 2.45) is 14.1 Å². The molecule has 4 rings (SSSR count). The number of hydrogen-bond acceptors (Lipinski definition) is 6. The molecule has 0 saturated carbocycles. The summed E-state index contributed by atoms with van der Waals surface area (Å²) >= 11 is 6.22. The first kappa shape index (κ1) is 18.2. The summed E-state index contributed by atoms with van der Waals surface area (Å²) in [7, 11) is 2.99. The van der Waals surface area contributed by atoms with Crippen molar-refractivity contribution in [3.8, 4) is 11.4 Å². The van der Waals surface area contributed by atoms with Gasteiger partial charge in [-0.25, -0.2) is 4.79 Å². The van der Waals surface area contributed by atoms with Crippen molar-refractivity contribution in [2.75, 3.05) is 0 Å². The highest BCUT2D eigenvalue weighted by Crippen LogP contribution is 2.18. The summed E-state index contributed by atoms with van der Waals surface area (Å²) in [5, 5.41) is 4.15. The maximum atomic E-state index is 12.5. The minimum absolute atomic E-state index is 0.156. The van der Waals surface area contributed by atoms with E-state index in [1.165, 1.54) is 11.6 Å². The van der Waals surface area contributed by atoms with Gasteiger partial charge in [0, 0.05) is 32.6 Å². The monoisotopic (exact) mass is 400 g/mol. The van der Waals surface area contributed by atoms with Crippen LogP contribution < -0.4 is 11.2 Å². The Bertz CT molecular complexity index is 1270. The third-order valence-corrected chi connectivity index (χ3v) is 4.86. The van der Waals surface area contributed by atoms with Crippen LogP contribution in [0.15, 0.2) is 44.4 Å². The molecule has 4 aromatic rings. The van der Waals surface area contributed by atoms with Gasteiger partial charge in [0.15, 0.2) is 11.2 Å². The molecule has 0 unspecified atom stereocenters. The van der Waals surface area contributed by atoms with Crippen LogP contribution >= 0.6 is 11.6 Å². The molecule has 0 fully saturated rings. The number of halogens is 1. The van der Waals surface area contributed by atoms with Crippen molar-refractivity contribution in [2.45, 2.75) is 19.4 Å². The van der Waals surface area contributed by atoms with E-state index >= 15 is 0 Å². The summed E-state index contributed by atoms with van der Waals surface area (Å²) in [5.74, 6) is 1.03. The van der Waals surface area contributed by atoms with E-state index in [0.717, 1.165) is 10.1 Å². The second-order valence-corrected chi connectivity index (χ2v) is 6.73. The van der Waals surface area contributed by atoms with Crippen molar-refractivity contribution < 1.29 is 4.52 Å². The predicted molar refractivity (Wildman–Crippen MR) is 103 cm³/mol. The van der Waals surface area contributed by atoms with E-state index in [9.17, 15) is 9.59 Å². The van der Waals surface area contributed by atoms with Crippen molar-refractivity contribution in [3.63, 3.8) is 0 Å². The lowest BCUT2D eigenvalue weighted by Crippen LogP contribution is -2.37. The Morgan fingerprint density at radius 2 is 1.82 bits per heavy atom. The average molecular weight is 401 g/mol. The molecule has 0 aliphatic heterocycles. The first-order chi connectivity index (χ1) is 13.5. The Labute approximate surface area is 163 Å². The van der Waals surface area contributed by atoms with Gasteiger partial charge in [-0.15, -0.1) is 0 Å². The lowest BCUT2D eigenvalue weighted by atomic mass is 10.2. The second kappa shape index (κ2) is 7.08. The summed E-state index contributed by atoms with van der Waals surface area (Å²) in [5.41, 5.74) is 0.567. The number of aromatic nitrogens is 6. The first-order valence-corrected chi connectivity index (χ1v) is 9.05. The van der Waals surface area contributed by atoms with Gasteiger partial charge in [-0.05, 0) is 18.0 Å². The van der Waals surface area contributed by atoms with Gasteiger partial charge in [0.25, 0.3) is 5.56 Å². The zero-order valence-corrected chi connectivity index (χ0v) is 16.0. The number of fused-ring (bicyclic) bond motifs is 1. The van der Waals surface area contributed by atoms with Crippen molar-refractivity contribution in [1.82, 2.24) is 28.8 Å². The van der Waals surface area contributed by atoms with Gasteiger partial charge in [-0.1, -0.05) is 35.5 Å². The largest absolute Gasteiger partial charge is 0.339 e. The fraction of sp³-hybridized carbons (Fsp3) is 0.278. The summed E-state index contributed by atoms with van der Waals surface area (Å²) in [6, 6.07) is 9.55. The number of rotatable bonds is 5. The molecule has 0 aliphatic carbocycles. The van der Waals surface area contributed by atoms with Gasteiger partial charge in [0.05, 0.1) is 0 Å². The van der Waals surface area contributed by atoms with Crippen LogP contribution in [0, 0.1) is 0 Å². The van der Waals surface area contributed by atoms with Crippen LogP contribution in [0.4, 0.5) is 0 Å². The molecule has 3 heterocycles. The second-order valence-electron chi connectivity index (χ2n) is 6.39. The summed E-state index contributed by atoms with van der Waals surface area (Å²) < 4.78 is 9.26. The molecule has 0 radical (unpaired) electrons. The Morgan fingerprint density at radius 1 is 1.07 bits per heavy atom. The fourth-order valence-corrected chi connectivity index (χ4v) is 3.32. The molecular weight excluding hydrogens is 384 g/mol. The normalized spacial score (nSPS) is 11.4. The van der Waals surface area contributed by atoms with E-state index in [-0.39, 0.29) is 10.9 Å². The van der Waals surface area contributed by atoms with E-state index in [4.69, 9.17) is 16.1 Å². The van der Waals surface area contributed by atoms with E-state index in [1.54, 1.807) is 11.6 Å². The quantitative estimate of drug-likeness (QED) is 0.473. The Hall–Kier alpha value is -3.20. The Kier molecular flexibility index (Phi) is 4.60. The van der Waals surface area contributed by atoms with E-state index in [0.29, 0.717) is 36.6 Å². The molecule has 0 aliphatic rings. The minimum Gasteiger partial charge on any atom is -0.339 e. The number of benzene rings is 1. The summed E-state index contributed by atoms with van der Waals surface area (Å²) in [6.45, 7) is 0.422. The molecule has 1 aromatic carbocycles. The van der Waals surface area contributed by atoms with Crippen LogP contribution in [0.25, 0.3) is 22.6 Å². The van der Waals surface area contributed by atoms with Crippen molar-refractivity contribution in [1.29, 1.82) is 0 Å². The number of hydrogen-bond donors (Lipinski definition) is 0. The maximum Gasteiger partial charge on any atom is 0.332 e. The van der Waals surface area contributed by atoms with Crippen LogP contribution in [0.2, 0.25) is 5.28 Å². The SMILES string of the molecule is Cn1c(=O)c2c(nc(Cl)n2CCCc2nc(-c3ccccc3)no2)n(C)c1=O. The number of nitrogens with zero attached hydrogens (tertiary/aromatic N) is 6. The molecule has 0 saturated heterocycles. The highest BCUT2D eigenvalue weighted by Gasteiger charge is 2.18. The van der Waals surface area contributed by atoms with Crippen LogP contribution in [-0.4, -0.2) is 28.8 Å². The molecule has 10 heteroatoms. The van der Waals surface area contributed by atoms with Crippen molar-refractivity contribution >= 4 is 22.8 Å². The standard InChI is InChI=1S/C18H17ClN6O3/c1-23-15-13(16(26)24(2)18(23)27)25(17(19)21-15)10-6-9-12-20-14(22-28-12)11-7-4-3-5-8-11/h3-5,7-8H,6,9-10H2,1-2H3. The predicted octanol–water partition coefficient (Wildman–Crippen LogP) is 1.77. The van der Waals surface area contributed by atoms with Crippen LogP contribution in [0.3, 0.4) is 0 Å². The van der Waals surface area contributed by atoms with Gasteiger partial charge in [0.2, 0.25) is 17.0 Å². The van der Waals surface area contributed by atoms with Gasteiger partial charge in [-0.3, -0.25) is 13.9 Å². The molecule has 0 atom stereocenters. The summed E-state index contributed by atoms with van der Waals surface area (Å²) in [6.07, 6.45) is 1.12. The lowest BCUT2D eigenvalue weighted by Gasteiger charge is -2.06. The van der Waals surface area contributed by atoms with Gasteiger partial charge >= 0.3 is 5.69 Å². The maximum absolute atomic E-state index is 12.5. The van der Waals surface area contributed by atoms with Crippen LogP contribution in [-0.2, 0) is 27.1 Å². The van der Waals surface area contributed by atoms with Crippen molar-refractivity contribution in [3.05, 3.63) is 62.3 Å². The lowest BCUT2D eigenvalue weighted by molar-refractivity contribution is 0.373. The van der Waals surface area contributed by atoms with Crippen LogP contribution in [0.1, 0.15) is 12.3 Å². The van der Waals surface area contributed by atoms with E-state index in [1.807, 2.05) is 30.3 Å². The summed E-state index contributed by atoms with van der Waals surface area (Å²) in [4.78, 5) is 33.1. The molecule has 0 bridgehead atoms. The molecule has 28 heavy (non-hydrogen) atoms. The molecule has 3 aromatic heterocycles. The van der Waals surface area contributed by atoms with E-state index in [2.05, 4.69) is 15.1 Å². The zero-order chi connectivity index (χ0) is 19.8. The molecule has 144 valence electrons. The number of imidazole rings is 1. The highest BCUT2D eigenvalue weighted by atomic mass is 35.5. The van der Waals surface area contributed by atoms with Crippen LogP contribution in [0.5, 0.6) is 0 Å².